The highest BCUT2D eigenvalue weighted by Crippen LogP contribution is 2.27. The van der Waals surface area contributed by atoms with Crippen molar-refractivity contribution < 1.29 is 4.84 Å². The van der Waals surface area contributed by atoms with E-state index in [-0.39, 0.29) is 16.9 Å². The van der Waals surface area contributed by atoms with E-state index in [0.717, 1.165) is 61.1 Å². The van der Waals surface area contributed by atoms with Gasteiger partial charge in [-0.2, -0.15) is 5.90 Å². The first-order chi connectivity index (χ1) is 19.2. The van der Waals surface area contributed by atoms with Crippen LogP contribution in [0.15, 0.2) is 66.7 Å². The number of anilines is 5. The predicted molar refractivity (Wildman–Crippen MR) is 164 cm³/mol. The maximum absolute atomic E-state index is 8.93. The molecule has 1 saturated heterocycles. The maximum Gasteiger partial charge on any atom is 0.145 e. The summed E-state index contributed by atoms with van der Waals surface area (Å²) >= 11 is 0. The summed E-state index contributed by atoms with van der Waals surface area (Å²) in [4.78, 5) is 18.4. The molecule has 0 amide bonds. The minimum atomic E-state index is -0.165. The number of nitrogens with one attached hydrogen (secondary N) is 3. The Bertz CT molecular complexity index is 1310. The van der Waals surface area contributed by atoms with E-state index in [1.807, 2.05) is 63.2 Å². The molecule has 0 aliphatic carbocycles. The van der Waals surface area contributed by atoms with Crippen LogP contribution >= 0.6 is 0 Å². The Hall–Kier alpha value is -4.15. The van der Waals surface area contributed by atoms with Gasteiger partial charge in [-0.05, 0) is 49.0 Å². The van der Waals surface area contributed by atoms with Crippen LogP contribution in [0.3, 0.4) is 0 Å². The van der Waals surface area contributed by atoms with Crippen LogP contribution in [-0.4, -0.2) is 59.8 Å². The lowest BCUT2D eigenvalue weighted by molar-refractivity contribution is 0.155. The zero-order valence-electron chi connectivity index (χ0n) is 23.9. The highest BCUT2D eigenvalue weighted by atomic mass is 16.6. The van der Waals surface area contributed by atoms with Gasteiger partial charge in [0.2, 0.25) is 0 Å². The summed E-state index contributed by atoms with van der Waals surface area (Å²) in [6, 6.07) is 15.9. The number of nitrogens with zero attached hydrogens (tertiary/aromatic N) is 4. The molecule has 3 aromatic rings. The number of piperazine rings is 1. The molecule has 0 spiro atoms. The van der Waals surface area contributed by atoms with Gasteiger partial charge in [-0.15, -0.1) is 0 Å². The second-order valence-corrected chi connectivity index (χ2v) is 10.8. The smallest absolute Gasteiger partial charge is 0.145 e. The van der Waals surface area contributed by atoms with E-state index < -0.39 is 0 Å². The predicted octanol–water partition coefficient (Wildman–Crippen LogP) is 4.59. The van der Waals surface area contributed by atoms with Gasteiger partial charge in [-0.3, -0.25) is 5.41 Å². The van der Waals surface area contributed by atoms with E-state index in [1.165, 1.54) is 6.33 Å². The van der Waals surface area contributed by atoms with Crippen molar-refractivity contribution in [2.24, 2.45) is 11.3 Å². The van der Waals surface area contributed by atoms with Crippen LogP contribution in [0.25, 0.3) is 0 Å². The van der Waals surface area contributed by atoms with Crippen molar-refractivity contribution >= 4 is 34.4 Å². The van der Waals surface area contributed by atoms with E-state index in [9.17, 15) is 0 Å². The lowest BCUT2D eigenvalue weighted by Gasteiger charge is -2.35. The summed E-state index contributed by atoms with van der Waals surface area (Å²) in [6.07, 6.45) is 3.34. The summed E-state index contributed by atoms with van der Waals surface area (Å²) in [7, 11) is 0. The van der Waals surface area contributed by atoms with Crippen LogP contribution in [0, 0.1) is 10.8 Å². The van der Waals surface area contributed by atoms with Gasteiger partial charge in [-0.25, -0.2) is 9.97 Å². The van der Waals surface area contributed by atoms with Crippen molar-refractivity contribution in [3.8, 4) is 0 Å². The molecular weight excluding hydrogens is 502 g/mol. The first kappa shape index (κ1) is 28.8. The quantitative estimate of drug-likeness (QED) is 0.141. The molecule has 0 atom stereocenters. The summed E-state index contributed by atoms with van der Waals surface area (Å²) < 4.78 is 0. The standard InChI is InChI=1S/C30H41N9O/c1-5-38-16-18-39(19-17-38)24-12-6-21(7-13-24)27(31)26-28(32)35-20-36-29(26)37-23-10-8-22(9-11-23)34-15-14-25(40-33)30(2,3)4/h6-14,20,31,34H,5,15-19,33H2,1-4H3,(H3,32,35,36,37)/b25-14-,31-27?. The highest BCUT2D eigenvalue weighted by molar-refractivity contribution is 6.16. The number of aromatic nitrogens is 2. The Kier molecular flexibility index (Phi) is 9.23. The van der Waals surface area contributed by atoms with E-state index >= 15 is 0 Å². The molecule has 2 heterocycles. The molecule has 0 bridgehead atoms. The number of nitrogens with two attached hydrogens (primary N) is 2. The first-order valence-corrected chi connectivity index (χ1v) is 13.6. The molecule has 0 radical (unpaired) electrons. The molecule has 10 heteroatoms. The van der Waals surface area contributed by atoms with Gasteiger partial charge in [0.15, 0.2) is 0 Å². The number of hydrogen-bond acceptors (Lipinski definition) is 10. The zero-order valence-corrected chi connectivity index (χ0v) is 23.9. The average molecular weight is 544 g/mol. The number of benzene rings is 2. The third-order valence-electron chi connectivity index (χ3n) is 7.07. The fourth-order valence-electron chi connectivity index (χ4n) is 4.65. The van der Waals surface area contributed by atoms with E-state index in [4.69, 9.17) is 21.9 Å². The van der Waals surface area contributed by atoms with Crippen molar-refractivity contribution in [2.75, 3.05) is 60.5 Å². The summed E-state index contributed by atoms with van der Waals surface area (Å²) in [5.41, 5.74) is 10.5. The normalized spacial score (nSPS) is 14.6. The molecule has 0 saturated carbocycles. The molecule has 10 nitrogen and oxygen atoms in total. The summed E-state index contributed by atoms with van der Waals surface area (Å²) in [5.74, 6) is 6.87. The number of nitrogen functional groups attached to an aromatic ring is 1. The van der Waals surface area contributed by atoms with Crippen LogP contribution in [0.5, 0.6) is 0 Å². The van der Waals surface area contributed by atoms with Gasteiger partial charge in [0.1, 0.15) is 23.7 Å². The van der Waals surface area contributed by atoms with Crippen LogP contribution < -0.4 is 27.2 Å². The molecule has 1 aromatic heterocycles. The molecule has 0 unspecified atom stereocenters. The largest absolute Gasteiger partial charge is 0.416 e. The number of rotatable bonds is 10. The second-order valence-electron chi connectivity index (χ2n) is 10.8. The second kappa shape index (κ2) is 12.8. The molecule has 212 valence electrons. The van der Waals surface area contributed by atoms with E-state index in [2.05, 4.69) is 49.5 Å². The first-order valence-electron chi connectivity index (χ1n) is 13.6. The van der Waals surface area contributed by atoms with Crippen molar-refractivity contribution in [1.82, 2.24) is 14.9 Å². The number of hydrogen-bond donors (Lipinski definition) is 5. The van der Waals surface area contributed by atoms with Crippen molar-refractivity contribution in [1.29, 1.82) is 5.41 Å². The molecule has 4 rings (SSSR count). The summed E-state index contributed by atoms with van der Waals surface area (Å²) in [5, 5.41) is 15.6. The van der Waals surface area contributed by atoms with Crippen molar-refractivity contribution in [3.63, 3.8) is 0 Å². The van der Waals surface area contributed by atoms with Crippen molar-refractivity contribution in [2.45, 2.75) is 27.7 Å². The Morgan fingerprint density at radius 2 is 1.65 bits per heavy atom. The molecule has 1 fully saturated rings. The van der Waals surface area contributed by atoms with Crippen LogP contribution in [0.1, 0.15) is 38.8 Å². The monoisotopic (exact) mass is 543 g/mol. The molecule has 1 aliphatic heterocycles. The lowest BCUT2D eigenvalue weighted by Crippen LogP contribution is -2.46. The Labute approximate surface area is 236 Å². The molecule has 7 N–H and O–H groups in total. The Morgan fingerprint density at radius 3 is 2.25 bits per heavy atom. The third-order valence-corrected chi connectivity index (χ3v) is 7.07. The minimum Gasteiger partial charge on any atom is -0.416 e. The molecule has 2 aromatic carbocycles. The SMILES string of the molecule is CCN1CCN(c2ccc(C(=N)c3c(N)ncnc3Nc3ccc(NC/C=C(\ON)C(C)(C)C)cc3)cc2)CC1. The minimum absolute atomic E-state index is 0.165. The van der Waals surface area contributed by atoms with Gasteiger partial charge in [0.05, 0.1) is 11.3 Å². The van der Waals surface area contributed by atoms with Crippen LogP contribution in [0.2, 0.25) is 0 Å². The Morgan fingerprint density at radius 1 is 1.00 bits per heavy atom. The third kappa shape index (κ3) is 7.08. The fourth-order valence-corrected chi connectivity index (χ4v) is 4.65. The number of allylic oxidation sites excluding steroid dienone is 1. The molecule has 40 heavy (non-hydrogen) atoms. The van der Waals surface area contributed by atoms with Crippen LogP contribution in [-0.2, 0) is 4.84 Å². The molecule has 1 aliphatic rings. The maximum atomic E-state index is 8.93. The van der Waals surface area contributed by atoms with Crippen molar-refractivity contribution in [3.05, 3.63) is 77.8 Å². The number of likely N-dealkylation sites (N-methyl/N-ethyl adjacent to an activating group) is 1. The Balaban J connectivity index is 1.44. The van der Waals surface area contributed by atoms with E-state index in [0.29, 0.717) is 17.9 Å². The van der Waals surface area contributed by atoms with E-state index in [1.54, 1.807) is 0 Å². The van der Waals surface area contributed by atoms with Gasteiger partial charge in [0, 0.05) is 60.8 Å². The fraction of sp³-hybridized carbons (Fsp3) is 0.367. The van der Waals surface area contributed by atoms with Gasteiger partial charge in [0.25, 0.3) is 0 Å². The topological polar surface area (TPSA) is 141 Å². The van der Waals surface area contributed by atoms with Gasteiger partial charge < -0.3 is 31.0 Å². The van der Waals surface area contributed by atoms with Gasteiger partial charge in [-0.1, -0.05) is 39.8 Å². The summed E-state index contributed by atoms with van der Waals surface area (Å²) in [6.45, 7) is 14.1. The average Bonchev–Trinajstić information content (AvgIpc) is 2.95. The van der Waals surface area contributed by atoms with Gasteiger partial charge >= 0.3 is 0 Å². The highest BCUT2D eigenvalue weighted by Gasteiger charge is 2.20. The zero-order chi connectivity index (χ0) is 28.7. The lowest BCUT2D eigenvalue weighted by atomic mass is 9.93. The van der Waals surface area contributed by atoms with Crippen LogP contribution in [0.4, 0.5) is 28.7 Å². The molecular formula is C30H41N9O.